The maximum atomic E-state index is 5.46. The average Bonchev–Trinajstić information content (AvgIpc) is 3.26. The number of ether oxygens (including phenoxy) is 5. The van der Waals surface area contributed by atoms with Crippen molar-refractivity contribution < 1.29 is 23.7 Å². The fourth-order valence-electron chi connectivity index (χ4n) is 1.38. The van der Waals surface area contributed by atoms with E-state index in [9.17, 15) is 0 Å². The summed E-state index contributed by atoms with van der Waals surface area (Å²) in [5.41, 5.74) is 0. The minimum atomic E-state index is -0.0448. The molecule has 3 rings (SSSR count). The monoisotopic (exact) mass is 283 g/mol. The van der Waals surface area contributed by atoms with Crippen molar-refractivity contribution in [2.75, 3.05) is 26.4 Å². The molecule has 0 N–H and O–H groups in total. The summed E-state index contributed by atoms with van der Waals surface area (Å²) in [7, 11) is 0. The summed E-state index contributed by atoms with van der Waals surface area (Å²) >= 11 is 0. The Bertz CT molecular complexity index is 428. The molecule has 2 fully saturated rings. The molecule has 0 radical (unpaired) electrons. The Hall–Kier alpha value is -1.67. The summed E-state index contributed by atoms with van der Waals surface area (Å²) in [6, 6.07) is 0.546. The van der Waals surface area contributed by atoms with Gasteiger partial charge in [-0.3, -0.25) is 0 Å². The Morgan fingerprint density at radius 1 is 0.950 bits per heavy atom. The topological polar surface area (TPSA) is 91.4 Å². The van der Waals surface area contributed by atoms with Crippen molar-refractivity contribution in [3.05, 3.63) is 0 Å². The van der Waals surface area contributed by atoms with Gasteiger partial charge in [0.05, 0.1) is 19.3 Å². The van der Waals surface area contributed by atoms with Gasteiger partial charge in [-0.25, -0.2) is 0 Å². The van der Waals surface area contributed by atoms with Crippen molar-refractivity contribution in [2.45, 2.75) is 32.2 Å². The zero-order valence-electron chi connectivity index (χ0n) is 11.4. The number of nitrogens with zero attached hydrogens (tertiary/aromatic N) is 3. The average molecular weight is 283 g/mol. The van der Waals surface area contributed by atoms with E-state index in [4.69, 9.17) is 23.7 Å². The minimum absolute atomic E-state index is 0.0448. The molecule has 3 heterocycles. The van der Waals surface area contributed by atoms with Gasteiger partial charge >= 0.3 is 18.0 Å². The molecule has 1 aromatic heterocycles. The second-order valence-corrected chi connectivity index (χ2v) is 4.88. The van der Waals surface area contributed by atoms with Gasteiger partial charge < -0.3 is 23.7 Å². The van der Waals surface area contributed by atoms with Gasteiger partial charge in [0.15, 0.2) is 0 Å². The van der Waals surface area contributed by atoms with E-state index in [2.05, 4.69) is 15.0 Å². The van der Waals surface area contributed by atoms with Gasteiger partial charge in [0.25, 0.3) is 0 Å². The summed E-state index contributed by atoms with van der Waals surface area (Å²) in [6.07, 6.45) is 0.215. The Balaban J connectivity index is 1.66. The number of hydrogen-bond donors (Lipinski definition) is 0. The van der Waals surface area contributed by atoms with E-state index >= 15 is 0 Å². The van der Waals surface area contributed by atoms with E-state index in [-0.39, 0.29) is 36.3 Å². The lowest BCUT2D eigenvalue weighted by atomic mass is 10.5. The highest BCUT2D eigenvalue weighted by Crippen LogP contribution is 2.19. The molecule has 2 unspecified atom stereocenters. The molecule has 0 saturated carbocycles. The van der Waals surface area contributed by atoms with Crippen molar-refractivity contribution in [2.24, 2.45) is 0 Å². The Morgan fingerprint density at radius 2 is 1.40 bits per heavy atom. The van der Waals surface area contributed by atoms with Crippen molar-refractivity contribution in [1.82, 2.24) is 15.0 Å². The normalized spacial score (nSPS) is 23.6. The maximum Gasteiger partial charge on any atom is 0.326 e. The van der Waals surface area contributed by atoms with Crippen molar-refractivity contribution in [3.8, 4) is 18.0 Å². The van der Waals surface area contributed by atoms with E-state index in [1.807, 2.05) is 13.8 Å². The first-order valence-corrected chi connectivity index (χ1v) is 6.60. The Morgan fingerprint density at radius 3 is 1.80 bits per heavy atom. The molecule has 2 aliphatic heterocycles. The molecule has 1 aromatic rings. The van der Waals surface area contributed by atoms with Crippen molar-refractivity contribution >= 4 is 0 Å². The standard InChI is InChI=1S/C12H17N3O5/c1-7(2)20-12-14-10(18-5-8-3-16-8)13-11(15-12)19-6-9-4-17-9/h7-9H,3-6H2,1-2H3. The lowest BCUT2D eigenvalue weighted by Crippen LogP contribution is -2.14. The highest BCUT2D eigenvalue weighted by Gasteiger charge is 2.25. The second kappa shape index (κ2) is 5.76. The zero-order valence-corrected chi connectivity index (χ0v) is 11.4. The van der Waals surface area contributed by atoms with Crippen LogP contribution in [-0.2, 0) is 9.47 Å². The van der Waals surface area contributed by atoms with E-state index < -0.39 is 0 Å². The number of epoxide rings is 2. The van der Waals surface area contributed by atoms with Crippen LogP contribution in [0.4, 0.5) is 0 Å². The van der Waals surface area contributed by atoms with Crippen LogP contribution in [0.3, 0.4) is 0 Å². The van der Waals surface area contributed by atoms with E-state index in [0.717, 1.165) is 0 Å². The van der Waals surface area contributed by atoms with Crippen LogP contribution in [0.25, 0.3) is 0 Å². The first kappa shape index (κ1) is 13.3. The van der Waals surface area contributed by atoms with Crippen LogP contribution in [0, 0.1) is 0 Å². The minimum Gasteiger partial charge on any atom is -0.461 e. The van der Waals surface area contributed by atoms with Gasteiger partial charge in [-0.15, -0.1) is 15.0 Å². The summed E-state index contributed by atoms with van der Waals surface area (Å²) in [5, 5.41) is 0. The van der Waals surface area contributed by atoms with Gasteiger partial charge in [0.1, 0.15) is 25.4 Å². The van der Waals surface area contributed by atoms with Crippen molar-refractivity contribution in [1.29, 1.82) is 0 Å². The largest absolute Gasteiger partial charge is 0.461 e. The van der Waals surface area contributed by atoms with Crippen molar-refractivity contribution in [3.63, 3.8) is 0 Å². The second-order valence-electron chi connectivity index (χ2n) is 4.88. The van der Waals surface area contributed by atoms with Gasteiger partial charge in [0, 0.05) is 0 Å². The smallest absolute Gasteiger partial charge is 0.326 e. The SMILES string of the molecule is CC(C)Oc1nc(OCC2CO2)nc(OCC2CO2)n1. The molecule has 0 aromatic carbocycles. The lowest BCUT2D eigenvalue weighted by Gasteiger charge is -2.10. The molecule has 0 spiro atoms. The molecular weight excluding hydrogens is 266 g/mol. The number of rotatable bonds is 8. The lowest BCUT2D eigenvalue weighted by molar-refractivity contribution is 0.191. The van der Waals surface area contributed by atoms with E-state index in [0.29, 0.717) is 26.4 Å². The third-order valence-electron chi connectivity index (χ3n) is 2.52. The molecule has 0 bridgehead atoms. The first-order chi connectivity index (χ1) is 9.69. The number of aromatic nitrogens is 3. The molecule has 20 heavy (non-hydrogen) atoms. The summed E-state index contributed by atoms with van der Waals surface area (Å²) in [4.78, 5) is 12.2. The highest BCUT2D eigenvalue weighted by molar-refractivity contribution is 5.09. The molecule has 8 heteroatoms. The van der Waals surface area contributed by atoms with E-state index in [1.165, 1.54) is 0 Å². The van der Waals surface area contributed by atoms with Gasteiger partial charge in [-0.1, -0.05) is 0 Å². The van der Waals surface area contributed by atoms with Crippen LogP contribution in [0.5, 0.6) is 18.0 Å². The zero-order chi connectivity index (χ0) is 13.9. The summed E-state index contributed by atoms with van der Waals surface area (Å²) in [6.45, 7) is 6.03. The molecule has 2 saturated heterocycles. The van der Waals surface area contributed by atoms with Crippen LogP contribution >= 0.6 is 0 Å². The molecule has 0 amide bonds. The predicted octanol–water partition coefficient (Wildman–Crippen LogP) is 0.214. The van der Waals surface area contributed by atoms with Crippen LogP contribution in [0.2, 0.25) is 0 Å². The highest BCUT2D eigenvalue weighted by atomic mass is 16.6. The first-order valence-electron chi connectivity index (χ1n) is 6.60. The predicted molar refractivity (Wildman–Crippen MR) is 66.1 cm³/mol. The molecule has 2 atom stereocenters. The van der Waals surface area contributed by atoms with Crippen LogP contribution in [0.1, 0.15) is 13.8 Å². The fraction of sp³-hybridized carbons (Fsp3) is 0.750. The van der Waals surface area contributed by atoms with Crippen LogP contribution in [0.15, 0.2) is 0 Å². The molecule has 0 aliphatic carbocycles. The molecule has 8 nitrogen and oxygen atoms in total. The molecule has 2 aliphatic rings. The van der Waals surface area contributed by atoms with Gasteiger partial charge in [-0.2, -0.15) is 0 Å². The third kappa shape index (κ3) is 4.17. The molecule has 110 valence electrons. The van der Waals surface area contributed by atoms with Crippen LogP contribution in [-0.4, -0.2) is 59.7 Å². The third-order valence-corrected chi connectivity index (χ3v) is 2.52. The van der Waals surface area contributed by atoms with Gasteiger partial charge in [-0.05, 0) is 13.8 Å². The van der Waals surface area contributed by atoms with Crippen LogP contribution < -0.4 is 14.2 Å². The summed E-state index contributed by atoms with van der Waals surface area (Å²) < 4.78 is 26.5. The fourth-order valence-corrected chi connectivity index (χ4v) is 1.38. The Labute approximate surface area is 116 Å². The molecular formula is C12H17N3O5. The Kier molecular flexibility index (Phi) is 3.83. The quantitative estimate of drug-likeness (QED) is 0.625. The maximum absolute atomic E-state index is 5.46. The van der Waals surface area contributed by atoms with Gasteiger partial charge in [0.2, 0.25) is 0 Å². The van der Waals surface area contributed by atoms with E-state index in [1.54, 1.807) is 0 Å². The number of hydrogen-bond acceptors (Lipinski definition) is 8. The summed E-state index contributed by atoms with van der Waals surface area (Å²) in [5.74, 6) is 0.